The number of carbonyl (C=O) groups is 1. The van der Waals surface area contributed by atoms with Crippen LogP contribution in [0.1, 0.15) is 15.9 Å². The highest BCUT2D eigenvalue weighted by Gasteiger charge is 2.14. The van der Waals surface area contributed by atoms with Crippen molar-refractivity contribution in [3.63, 3.8) is 0 Å². The third-order valence-electron chi connectivity index (χ3n) is 2.68. The van der Waals surface area contributed by atoms with Gasteiger partial charge in [0.1, 0.15) is 11.6 Å². The van der Waals surface area contributed by atoms with E-state index < -0.39 is 23.2 Å². The summed E-state index contributed by atoms with van der Waals surface area (Å²) in [5, 5.41) is 12.1. The monoisotopic (exact) mass is 297 g/mol. The lowest BCUT2D eigenvalue weighted by Crippen LogP contribution is -2.06. The Morgan fingerprint density at radius 2 is 1.80 bits per heavy atom. The maximum absolute atomic E-state index is 13.5. The van der Waals surface area contributed by atoms with Crippen molar-refractivity contribution in [2.45, 2.75) is 6.54 Å². The lowest BCUT2D eigenvalue weighted by Gasteiger charge is -2.09. The van der Waals surface area contributed by atoms with Gasteiger partial charge in [-0.05, 0) is 23.8 Å². The zero-order valence-corrected chi connectivity index (χ0v) is 10.9. The molecule has 2 rings (SSSR count). The van der Waals surface area contributed by atoms with Crippen molar-refractivity contribution in [3.05, 3.63) is 64.2 Å². The Hall–Kier alpha value is -2.14. The van der Waals surface area contributed by atoms with Crippen LogP contribution in [0.25, 0.3) is 0 Å². The molecule has 2 aromatic carbocycles. The molecule has 0 amide bonds. The molecule has 104 valence electrons. The molecule has 3 nitrogen and oxygen atoms in total. The van der Waals surface area contributed by atoms with Crippen LogP contribution in [0, 0.1) is 11.6 Å². The molecule has 0 heterocycles. The smallest absolute Gasteiger partial charge is 0.338 e. The summed E-state index contributed by atoms with van der Waals surface area (Å²) in [6.45, 7) is 0.263. The second kappa shape index (κ2) is 5.88. The first-order chi connectivity index (χ1) is 9.47. The molecule has 6 heteroatoms. The molecular weight excluding hydrogens is 288 g/mol. The van der Waals surface area contributed by atoms with Crippen LogP contribution in [0.3, 0.4) is 0 Å². The Kier molecular flexibility index (Phi) is 4.20. The largest absolute Gasteiger partial charge is 0.478 e. The number of rotatable bonds is 4. The molecule has 0 bridgehead atoms. The maximum Gasteiger partial charge on any atom is 0.338 e. The standard InChI is InChI=1S/C14H10ClF2NO2/c15-9-3-1-8(2-4-9)7-18-13-5-10(14(19)20)11(16)6-12(13)17/h1-6,18H,7H2,(H,19,20). The zero-order valence-electron chi connectivity index (χ0n) is 10.2. The maximum atomic E-state index is 13.5. The summed E-state index contributed by atoms with van der Waals surface area (Å²) in [6.07, 6.45) is 0. The van der Waals surface area contributed by atoms with E-state index in [0.29, 0.717) is 11.1 Å². The first-order valence-electron chi connectivity index (χ1n) is 5.68. The van der Waals surface area contributed by atoms with Crippen molar-refractivity contribution in [1.29, 1.82) is 0 Å². The second-order valence-electron chi connectivity index (χ2n) is 4.10. The number of benzene rings is 2. The minimum atomic E-state index is -1.45. The van der Waals surface area contributed by atoms with E-state index in [-0.39, 0.29) is 12.2 Å². The predicted molar refractivity (Wildman–Crippen MR) is 72.1 cm³/mol. The van der Waals surface area contributed by atoms with Crippen LogP contribution in [-0.4, -0.2) is 11.1 Å². The first kappa shape index (κ1) is 14.3. The second-order valence-corrected chi connectivity index (χ2v) is 4.53. The number of halogens is 3. The molecule has 0 saturated heterocycles. The summed E-state index contributed by atoms with van der Waals surface area (Å²) in [6, 6.07) is 8.34. The van der Waals surface area contributed by atoms with Gasteiger partial charge in [0.15, 0.2) is 0 Å². The number of aromatic carboxylic acids is 1. The van der Waals surface area contributed by atoms with Crippen LogP contribution in [0.5, 0.6) is 0 Å². The van der Waals surface area contributed by atoms with Gasteiger partial charge >= 0.3 is 5.97 Å². The molecule has 0 aliphatic heterocycles. The van der Waals surface area contributed by atoms with Crippen molar-refractivity contribution in [1.82, 2.24) is 0 Å². The van der Waals surface area contributed by atoms with Gasteiger partial charge in [-0.25, -0.2) is 13.6 Å². The minimum Gasteiger partial charge on any atom is -0.478 e. The van der Waals surface area contributed by atoms with E-state index in [2.05, 4.69) is 5.32 Å². The van der Waals surface area contributed by atoms with Crippen molar-refractivity contribution in [2.75, 3.05) is 5.32 Å². The third kappa shape index (κ3) is 3.24. The average Bonchev–Trinajstić information content (AvgIpc) is 2.39. The van der Waals surface area contributed by atoms with Crippen LogP contribution in [0.15, 0.2) is 36.4 Å². The zero-order chi connectivity index (χ0) is 14.7. The SMILES string of the molecule is O=C(O)c1cc(NCc2ccc(Cl)cc2)c(F)cc1F. The van der Waals surface area contributed by atoms with Crippen molar-refractivity contribution in [3.8, 4) is 0 Å². The van der Waals surface area contributed by atoms with Gasteiger partial charge in [-0.3, -0.25) is 0 Å². The van der Waals surface area contributed by atoms with Crippen molar-refractivity contribution in [2.24, 2.45) is 0 Å². The molecule has 0 aliphatic rings. The fourth-order valence-corrected chi connectivity index (χ4v) is 1.77. The highest BCUT2D eigenvalue weighted by molar-refractivity contribution is 6.30. The van der Waals surface area contributed by atoms with Crippen LogP contribution >= 0.6 is 11.6 Å². The van der Waals surface area contributed by atoms with Gasteiger partial charge in [0.2, 0.25) is 0 Å². The lowest BCUT2D eigenvalue weighted by atomic mass is 10.1. The topological polar surface area (TPSA) is 49.3 Å². The van der Waals surface area contributed by atoms with Gasteiger partial charge in [0.25, 0.3) is 0 Å². The number of carboxylic acid groups (broad SMARTS) is 1. The van der Waals surface area contributed by atoms with E-state index >= 15 is 0 Å². The van der Waals surface area contributed by atoms with Crippen LogP contribution in [0.4, 0.5) is 14.5 Å². The van der Waals surface area contributed by atoms with Crippen molar-refractivity contribution < 1.29 is 18.7 Å². The third-order valence-corrected chi connectivity index (χ3v) is 2.94. The van der Waals surface area contributed by atoms with E-state index in [1.165, 1.54) is 0 Å². The number of hydrogen-bond acceptors (Lipinski definition) is 2. The fourth-order valence-electron chi connectivity index (χ4n) is 1.65. The van der Waals surface area contributed by atoms with E-state index in [1.54, 1.807) is 24.3 Å². The minimum absolute atomic E-state index is 0.0706. The van der Waals surface area contributed by atoms with Gasteiger partial charge in [-0.15, -0.1) is 0 Å². The Morgan fingerprint density at radius 1 is 1.15 bits per heavy atom. The molecule has 2 N–H and O–H groups in total. The number of hydrogen-bond donors (Lipinski definition) is 2. The number of carboxylic acids is 1. The van der Waals surface area contributed by atoms with E-state index in [1.807, 2.05) is 0 Å². The molecule has 20 heavy (non-hydrogen) atoms. The molecule has 0 atom stereocenters. The number of nitrogens with one attached hydrogen (secondary N) is 1. The summed E-state index contributed by atoms with van der Waals surface area (Å²) in [4.78, 5) is 10.8. The summed E-state index contributed by atoms with van der Waals surface area (Å²) < 4.78 is 26.8. The summed E-state index contributed by atoms with van der Waals surface area (Å²) in [5.74, 6) is -3.40. The molecule has 0 aliphatic carbocycles. The Balaban J connectivity index is 2.18. The Bertz CT molecular complexity index is 644. The molecule has 0 radical (unpaired) electrons. The number of anilines is 1. The van der Waals surface area contributed by atoms with E-state index in [0.717, 1.165) is 11.6 Å². The first-order valence-corrected chi connectivity index (χ1v) is 6.06. The lowest BCUT2D eigenvalue weighted by molar-refractivity contribution is 0.0692. The predicted octanol–water partition coefficient (Wildman–Crippen LogP) is 3.93. The summed E-state index contributed by atoms with van der Waals surface area (Å²) in [7, 11) is 0. The van der Waals surface area contributed by atoms with Crippen molar-refractivity contribution >= 4 is 23.3 Å². The van der Waals surface area contributed by atoms with Gasteiger partial charge in [-0.2, -0.15) is 0 Å². The Labute approximate surface area is 118 Å². The normalized spacial score (nSPS) is 10.3. The van der Waals surface area contributed by atoms with E-state index in [9.17, 15) is 13.6 Å². The van der Waals surface area contributed by atoms with E-state index in [4.69, 9.17) is 16.7 Å². The van der Waals surface area contributed by atoms with Gasteiger partial charge in [0.05, 0.1) is 11.3 Å². The van der Waals surface area contributed by atoms with Crippen LogP contribution in [0.2, 0.25) is 5.02 Å². The van der Waals surface area contributed by atoms with Crippen LogP contribution in [-0.2, 0) is 6.54 Å². The summed E-state index contributed by atoms with van der Waals surface area (Å²) >= 11 is 5.74. The summed E-state index contributed by atoms with van der Waals surface area (Å²) in [5.41, 5.74) is 0.179. The van der Waals surface area contributed by atoms with Crippen LogP contribution < -0.4 is 5.32 Å². The fraction of sp³-hybridized carbons (Fsp3) is 0.0714. The molecule has 0 saturated carbocycles. The highest BCUT2D eigenvalue weighted by atomic mass is 35.5. The molecule has 0 unspecified atom stereocenters. The highest BCUT2D eigenvalue weighted by Crippen LogP contribution is 2.20. The average molecular weight is 298 g/mol. The molecule has 2 aromatic rings. The quantitative estimate of drug-likeness (QED) is 0.899. The molecular formula is C14H10ClF2NO2. The molecule has 0 spiro atoms. The van der Waals surface area contributed by atoms with Gasteiger partial charge in [0, 0.05) is 17.6 Å². The van der Waals surface area contributed by atoms with Gasteiger partial charge < -0.3 is 10.4 Å². The molecule has 0 fully saturated rings. The molecule has 0 aromatic heterocycles. The van der Waals surface area contributed by atoms with Gasteiger partial charge in [-0.1, -0.05) is 23.7 Å². The Morgan fingerprint density at radius 3 is 2.40 bits per heavy atom.